The highest BCUT2D eigenvalue weighted by Crippen LogP contribution is 2.20. The lowest BCUT2D eigenvalue weighted by Gasteiger charge is -2.36. The number of rotatable bonds is 4. The lowest BCUT2D eigenvalue weighted by Crippen LogP contribution is -2.48. The Balaban J connectivity index is 2.12. The molecule has 1 saturated heterocycles. The predicted octanol–water partition coefficient (Wildman–Crippen LogP) is 1.92. The van der Waals surface area contributed by atoms with Gasteiger partial charge in [0, 0.05) is 52.2 Å². The van der Waals surface area contributed by atoms with Crippen molar-refractivity contribution >= 4 is 23.8 Å². The topological polar surface area (TPSA) is 79.6 Å². The number of piperidine rings is 1. The van der Waals surface area contributed by atoms with Crippen LogP contribution in [0.3, 0.4) is 0 Å². The number of likely N-dealkylation sites (tertiary alicyclic amines) is 1. The van der Waals surface area contributed by atoms with Crippen molar-refractivity contribution in [1.82, 2.24) is 9.88 Å². The summed E-state index contributed by atoms with van der Waals surface area (Å²) in [5, 5.41) is 8.39. The highest BCUT2D eigenvalue weighted by molar-refractivity contribution is 5.95. The van der Waals surface area contributed by atoms with Crippen molar-refractivity contribution in [2.75, 3.05) is 32.1 Å². The first-order valence-corrected chi connectivity index (χ1v) is 8.26. The average molecular weight is 347 g/mol. The van der Waals surface area contributed by atoms with Crippen LogP contribution in [0.15, 0.2) is 28.5 Å². The standard InChI is InChI=1S/C17H25N5O3/c1-5-19-20-17(21(3)14-6-7-16(24-4)18-12-14)22-10-8-15(9-11-22)25-13(2)23/h5-7,12,15H,8-11H2,1-4H3/b19-5+,20-17+. The monoisotopic (exact) mass is 347 g/mol. The molecular weight excluding hydrogens is 322 g/mol. The van der Waals surface area contributed by atoms with Gasteiger partial charge in [0.25, 0.3) is 0 Å². The molecule has 0 aromatic carbocycles. The van der Waals surface area contributed by atoms with Crippen molar-refractivity contribution in [1.29, 1.82) is 0 Å². The van der Waals surface area contributed by atoms with Gasteiger partial charge in [0.2, 0.25) is 11.8 Å². The Morgan fingerprint density at radius 2 is 2.12 bits per heavy atom. The molecule has 2 heterocycles. The molecule has 0 unspecified atom stereocenters. The molecule has 136 valence electrons. The number of hydrogen-bond acceptors (Lipinski definition) is 6. The second-order valence-electron chi connectivity index (χ2n) is 5.69. The number of aromatic nitrogens is 1. The Labute approximate surface area is 148 Å². The van der Waals surface area contributed by atoms with Gasteiger partial charge >= 0.3 is 5.97 Å². The van der Waals surface area contributed by atoms with Gasteiger partial charge in [-0.15, -0.1) is 5.10 Å². The summed E-state index contributed by atoms with van der Waals surface area (Å²) in [6.45, 7) is 4.75. The van der Waals surface area contributed by atoms with Crippen LogP contribution in [0.5, 0.6) is 5.88 Å². The second kappa shape index (κ2) is 9.00. The highest BCUT2D eigenvalue weighted by atomic mass is 16.5. The quantitative estimate of drug-likeness (QED) is 0.358. The van der Waals surface area contributed by atoms with Gasteiger partial charge in [-0.2, -0.15) is 5.10 Å². The summed E-state index contributed by atoms with van der Waals surface area (Å²) in [6, 6.07) is 3.72. The summed E-state index contributed by atoms with van der Waals surface area (Å²) in [5.74, 6) is 1.06. The first-order chi connectivity index (χ1) is 12.0. The van der Waals surface area contributed by atoms with Crippen LogP contribution in [-0.2, 0) is 9.53 Å². The van der Waals surface area contributed by atoms with Crippen LogP contribution in [-0.4, -0.2) is 61.4 Å². The Hall–Kier alpha value is -2.64. The Bertz CT molecular complexity index is 622. The normalized spacial score (nSPS) is 16.2. The smallest absolute Gasteiger partial charge is 0.302 e. The number of methoxy groups -OCH3 is 1. The van der Waals surface area contributed by atoms with Crippen LogP contribution in [0.1, 0.15) is 26.7 Å². The van der Waals surface area contributed by atoms with Gasteiger partial charge in [-0.3, -0.25) is 4.79 Å². The van der Waals surface area contributed by atoms with E-state index >= 15 is 0 Å². The lowest BCUT2D eigenvalue weighted by molar-refractivity contribution is -0.148. The van der Waals surface area contributed by atoms with E-state index in [0.717, 1.165) is 37.6 Å². The number of pyridine rings is 1. The van der Waals surface area contributed by atoms with Crippen LogP contribution in [0.2, 0.25) is 0 Å². The molecule has 0 saturated carbocycles. The van der Waals surface area contributed by atoms with E-state index in [9.17, 15) is 4.79 Å². The molecule has 8 nitrogen and oxygen atoms in total. The minimum absolute atomic E-state index is 0.0300. The molecular formula is C17H25N5O3. The van der Waals surface area contributed by atoms with Crippen molar-refractivity contribution < 1.29 is 14.3 Å². The summed E-state index contributed by atoms with van der Waals surface area (Å²) >= 11 is 0. The summed E-state index contributed by atoms with van der Waals surface area (Å²) < 4.78 is 10.4. The third kappa shape index (κ3) is 5.17. The zero-order chi connectivity index (χ0) is 18.2. The Morgan fingerprint density at radius 3 is 2.64 bits per heavy atom. The molecule has 2 rings (SSSR count). The van der Waals surface area contributed by atoms with E-state index in [1.165, 1.54) is 6.92 Å². The minimum Gasteiger partial charge on any atom is -0.481 e. The number of anilines is 1. The number of carbonyl (C=O) groups is 1. The fourth-order valence-electron chi connectivity index (χ4n) is 2.67. The fraction of sp³-hybridized carbons (Fsp3) is 0.529. The number of esters is 1. The summed E-state index contributed by atoms with van der Waals surface area (Å²) in [4.78, 5) is 19.4. The Morgan fingerprint density at radius 1 is 1.40 bits per heavy atom. The van der Waals surface area contributed by atoms with Crippen LogP contribution in [0, 0.1) is 0 Å². The summed E-state index contributed by atoms with van der Waals surface area (Å²) in [6.07, 6.45) is 4.88. The van der Waals surface area contributed by atoms with E-state index in [0.29, 0.717) is 5.88 Å². The van der Waals surface area contributed by atoms with Crippen LogP contribution in [0.4, 0.5) is 5.69 Å². The molecule has 0 aliphatic carbocycles. The van der Waals surface area contributed by atoms with Crippen molar-refractivity contribution in [2.24, 2.45) is 10.2 Å². The molecule has 0 amide bonds. The highest BCUT2D eigenvalue weighted by Gasteiger charge is 2.26. The lowest BCUT2D eigenvalue weighted by atomic mass is 10.1. The zero-order valence-corrected chi connectivity index (χ0v) is 15.2. The van der Waals surface area contributed by atoms with Crippen molar-refractivity contribution in [2.45, 2.75) is 32.8 Å². The molecule has 1 aromatic rings. The van der Waals surface area contributed by atoms with Crippen molar-refractivity contribution in [3.8, 4) is 5.88 Å². The SMILES string of the molecule is C/C=N/N=C(/N1CCC(OC(C)=O)CC1)N(C)c1ccc(OC)nc1. The van der Waals surface area contributed by atoms with Gasteiger partial charge < -0.3 is 19.3 Å². The molecule has 0 bridgehead atoms. The first-order valence-electron chi connectivity index (χ1n) is 8.26. The van der Waals surface area contributed by atoms with E-state index in [1.54, 1.807) is 25.6 Å². The van der Waals surface area contributed by atoms with Crippen LogP contribution < -0.4 is 9.64 Å². The number of hydrogen-bond donors (Lipinski definition) is 0. The molecule has 1 aromatic heterocycles. The number of guanidine groups is 1. The van der Waals surface area contributed by atoms with Gasteiger partial charge in [-0.05, 0) is 13.0 Å². The molecule has 25 heavy (non-hydrogen) atoms. The van der Waals surface area contributed by atoms with E-state index < -0.39 is 0 Å². The largest absolute Gasteiger partial charge is 0.481 e. The minimum atomic E-state index is -0.232. The van der Waals surface area contributed by atoms with Gasteiger partial charge in [-0.25, -0.2) is 4.98 Å². The van der Waals surface area contributed by atoms with Gasteiger partial charge in [0.15, 0.2) is 0 Å². The maximum atomic E-state index is 11.1. The number of carbonyl (C=O) groups excluding carboxylic acids is 1. The molecule has 0 spiro atoms. The molecule has 8 heteroatoms. The summed E-state index contributed by atoms with van der Waals surface area (Å²) in [5.41, 5.74) is 0.882. The van der Waals surface area contributed by atoms with Gasteiger partial charge in [0.1, 0.15) is 6.10 Å². The third-order valence-corrected chi connectivity index (χ3v) is 3.94. The molecule has 0 radical (unpaired) electrons. The average Bonchev–Trinajstić information content (AvgIpc) is 2.62. The second-order valence-corrected chi connectivity index (χ2v) is 5.69. The predicted molar refractivity (Wildman–Crippen MR) is 97.2 cm³/mol. The molecule has 1 aliphatic rings. The van der Waals surface area contributed by atoms with Gasteiger partial charge in [-0.1, -0.05) is 0 Å². The van der Waals surface area contributed by atoms with Gasteiger partial charge in [0.05, 0.1) is 19.0 Å². The van der Waals surface area contributed by atoms with Crippen molar-refractivity contribution in [3.63, 3.8) is 0 Å². The van der Waals surface area contributed by atoms with E-state index in [1.807, 2.05) is 24.9 Å². The maximum Gasteiger partial charge on any atom is 0.302 e. The fourth-order valence-corrected chi connectivity index (χ4v) is 2.67. The molecule has 0 N–H and O–H groups in total. The molecule has 1 aliphatic heterocycles. The van der Waals surface area contributed by atoms with E-state index in [-0.39, 0.29) is 12.1 Å². The van der Waals surface area contributed by atoms with Crippen LogP contribution in [0.25, 0.3) is 0 Å². The molecule has 1 fully saturated rings. The summed E-state index contributed by atoms with van der Waals surface area (Å²) in [7, 11) is 3.51. The number of ether oxygens (including phenoxy) is 2. The number of nitrogens with zero attached hydrogens (tertiary/aromatic N) is 5. The Kier molecular flexibility index (Phi) is 6.73. The van der Waals surface area contributed by atoms with E-state index in [4.69, 9.17) is 9.47 Å². The van der Waals surface area contributed by atoms with E-state index in [2.05, 4.69) is 20.1 Å². The molecule has 0 atom stereocenters. The zero-order valence-electron chi connectivity index (χ0n) is 15.2. The first kappa shape index (κ1) is 18.7. The third-order valence-electron chi connectivity index (χ3n) is 3.94. The maximum absolute atomic E-state index is 11.1. The van der Waals surface area contributed by atoms with Crippen LogP contribution >= 0.6 is 0 Å². The van der Waals surface area contributed by atoms with Crippen molar-refractivity contribution in [3.05, 3.63) is 18.3 Å².